The number of anilines is 2. The number of aryl methyl sites for hydroxylation is 1. The van der Waals surface area contributed by atoms with Gasteiger partial charge < -0.3 is 9.64 Å². The second-order valence-electron chi connectivity index (χ2n) is 6.67. The van der Waals surface area contributed by atoms with Crippen LogP contribution in [0.5, 0.6) is 0 Å². The van der Waals surface area contributed by atoms with E-state index in [1.165, 1.54) is 16.7 Å². The monoisotopic (exact) mass is 396 g/mol. The molecule has 0 N–H and O–H groups in total. The molecule has 0 aliphatic carbocycles. The van der Waals surface area contributed by atoms with Crippen molar-refractivity contribution in [3.05, 3.63) is 54.1 Å². The normalized spacial score (nSPS) is 15.6. The number of hydrogen-bond donors (Lipinski definition) is 0. The molecule has 144 valence electrons. The van der Waals surface area contributed by atoms with Gasteiger partial charge in [0, 0.05) is 17.1 Å². The van der Waals surface area contributed by atoms with E-state index >= 15 is 0 Å². The number of carbonyl (C=O) groups excluding carboxylic acids is 3. The van der Waals surface area contributed by atoms with E-state index in [9.17, 15) is 14.4 Å². The van der Waals surface area contributed by atoms with Crippen molar-refractivity contribution in [3.63, 3.8) is 0 Å². The fourth-order valence-electron chi connectivity index (χ4n) is 3.51. The second-order valence-corrected chi connectivity index (χ2v) is 7.69. The number of amides is 2. The lowest BCUT2D eigenvalue weighted by atomic mass is 10.0. The topological polar surface area (TPSA) is 66.9 Å². The molecule has 2 aliphatic heterocycles. The van der Waals surface area contributed by atoms with Gasteiger partial charge >= 0.3 is 5.97 Å². The summed E-state index contributed by atoms with van der Waals surface area (Å²) in [7, 11) is 0. The third kappa shape index (κ3) is 3.75. The Balaban J connectivity index is 1.38. The van der Waals surface area contributed by atoms with E-state index in [4.69, 9.17) is 4.74 Å². The molecule has 2 aliphatic rings. The summed E-state index contributed by atoms with van der Waals surface area (Å²) in [6.07, 6.45) is 1.82. The van der Waals surface area contributed by atoms with Gasteiger partial charge in [0.05, 0.1) is 11.4 Å². The summed E-state index contributed by atoms with van der Waals surface area (Å²) in [5.74, 6) is -0.694. The quantitative estimate of drug-likeness (QED) is 0.744. The summed E-state index contributed by atoms with van der Waals surface area (Å²) in [6, 6.07) is 15.2. The molecule has 0 spiro atoms. The van der Waals surface area contributed by atoms with E-state index in [1.807, 2.05) is 48.5 Å². The number of fused-ring (bicyclic) bond motifs is 2. The number of nitrogens with zero attached hydrogens (tertiary/aromatic N) is 2. The van der Waals surface area contributed by atoms with Crippen LogP contribution in [0, 0.1) is 0 Å². The Hall–Kier alpha value is -2.80. The Morgan fingerprint density at radius 1 is 1.04 bits per heavy atom. The summed E-state index contributed by atoms with van der Waals surface area (Å²) in [5, 5.41) is 0. The van der Waals surface area contributed by atoms with E-state index in [1.54, 1.807) is 4.90 Å². The molecule has 0 fully saturated rings. The van der Waals surface area contributed by atoms with Crippen LogP contribution < -0.4 is 9.80 Å². The first-order chi connectivity index (χ1) is 13.6. The number of carbonyl (C=O) groups is 3. The van der Waals surface area contributed by atoms with Crippen molar-refractivity contribution >= 4 is 40.9 Å². The Morgan fingerprint density at radius 2 is 1.79 bits per heavy atom. The van der Waals surface area contributed by atoms with Crippen LogP contribution in [0.1, 0.15) is 12.0 Å². The molecule has 0 saturated carbocycles. The molecular formula is C21H20N2O4S. The van der Waals surface area contributed by atoms with Gasteiger partial charge in [-0.25, -0.2) is 0 Å². The standard InChI is InChI=1S/C21H20N2O4S/c24-19(22-11-5-7-15-6-1-2-8-16(15)22)13-27-21(26)12-23-17-9-3-4-10-18(17)28-14-20(23)25/h1-4,6,8-10H,5,7,11-14H2. The lowest BCUT2D eigenvalue weighted by Crippen LogP contribution is -2.42. The molecule has 0 saturated heterocycles. The number of thioether (sulfide) groups is 1. The Morgan fingerprint density at radius 3 is 2.64 bits per heavy atom. The molecule has 2 aromatic carbocycles. The highest BCUT2D eigenvalue weighted by molar-refractivity contribution is 8.00. The molecule has 7 heteroatoms. The van der Waals surface area contributed by atoms with Gasteiger partial charge in [0.15, 0.2) is 6.61 Å². The van der Waals surface area contributed by atoms with Gasteiger partial charge in [-0.3, -0.25) is 19.3 Å². The molecule has 0 bridgehead atoms. The van der Waals surface area contributed by atoms with Gasteiger partial charge in [-0.05, 0) is 36.6 Å². The predicted molar refractivity (Wildman–Crippen MR) is 108 cm³/mol. The maximum Gasteiger partial charge on any atom is 0.326 e. The maximum absolute atomic E-state index is 12.6. The lowest BCUT2D eigenvalue weighted by Gasteiger charge is -2.30. The molecule has 6 nitrogen and oxygen atoms in total. The van der Waals surface area contributed by atoms with E-state index < -0.39 is 5.97 Å². The smallest absolute Gasteiger partial charge is 0.326 e. The van der Waals surface area contributed by atoms with Gasteiger partial charge in [0.25, 0.3) is 5.91 Å². The van der Waals surface area contributed by atoms with Gasteiger partial charge in [-0.2, -0.15) is 0 Å². The molecule has 2 heterocycles. The summed E-state index contributed by atoms with van der Waals surface area (Å²) in [6.45, 7) is 0.0917. The molecule has 2 aromatic rings. The zero-order valence-corrected chi connectivity index (χ0v) is 16.1. The minimum atomic E-state index is -0.589. The number of para-hydroxylation sites is 2. The minimum absolute atomic E-state index is 0.142. The van der Waals surface area contributed by atoms with Crippen LogP contribution in [0.3, 0.4) is 0 Å². The first kappa shape index (κ1) is 18.6. The highest BCUT2D eigenvalue weighted by Crippen LogP contribution is 2.34. The number of esters is 1. The average molecular weight is 396 g/mol. The van der Waals surface area contributed by atoms with E-state index in [0.717, 1.165) is 29.0 Å². The molecule has 0 radical (unpaired) electrons. The van der Waals surface area contributed by atoms with Crippen molar-refractivity contribution in [2.75, 3.05) is 35.2 Å². The molecule has 4 rings (SSSR count). The van der Waals surface area contributed by atoms with Crippen LogP contribution in [0.15, 0.2) is 53.4 Å². The van der Waals surface area contributed by atoms with Crippen molar-refractivity contribution in [1.29, 1.82) is 0 Å². The van der Waals surface area contributed by atoms with Gasteiger partial charge in [-0.15, -0.1) is 11.8 Å². The van der Waals surface area contributed by atoms with Crippen LogP contribution in [-0.4, -0.2) is 43.2 Å². The van der Waals surface area contributed by atoms with E-state index in [2.05, 4.69) is 0 Å². The average Bonchev–Trinajstić information content (AvgIpc) is 2.73. The molecule has 0 unspecified atom stereocenters. The number of rotatable bonds is 4. The third-order valence-corrected chi connectivity index (χ3v) is 5.91. The SMILES string of the molecule is O=C(CN1C(=O)CSc2ccccc21)OCC(=O)N1CCCc2ccccc21. The zero-order valence-electron chi connectivity index (χ0n) is 15.3. The highest BCUT2D eigenvalue weighted by Gasteiger charge is 2.28. The van der Waals surface area contributed by atoms with Crippen LogP contribution in [0.2, 0.25) is 0 Å². The van der Waals surface area contributed by atoms with Gasteiger partial charge in [0.2, 0.25) is 5.91 Å². The molecule has 2 amide bonds. The Labute approximate surface area is 167 Å². The van der Waals surface area contributed by atoms with Crippen molar-refractivity contribution in [2.24, 2.45) is 0 Å². The summed E-state index contributed by atoms with van der Waals surface area (Å²) in [5.41, 5.74) is 2.71. The molecule has 0 aromatic heterocycles. The molecule has 0 atom stereocenters. The lowest BCUT2D eigenvalue weighted by molar-refractivity contribution is -0.146. The largest absolute Gasteiger partial charge is 0.454 e. The van der Waals surface area contributed by atoms with Crippen LogP contribution in [-0.2, 0) is 25.5 Å². The first-order valence-corrected chi connectivity index (χ1v) is 10.2. The number of ether oxygens (including phenoxy) is 1. The van der Waals surface area contributed by atoms with Crippen molar-refractivity contribution in [3.8, 4) is 0 Å². The van der Waals surface area contributed by atoms with Crippen LogP contribution >= 0.6 is 11.8 Å². The number of hydrogen-bond acceptors (Lipinski definition) is 5. The summed E-state index contributed by atoms with van der Waals surface area (Å²) >= 11 is 1.45. The zero-order chi connectivity index (χ0) is 19.5. The first-order valence-electron chi connectivity index (χ1n) is 9.19. The second kappa shape index (κ2) is 8.06. The Kier molecular flexibility index (Phi) is 5.34. The summed E-state index contributed by atoms with van der Waals surface area (Å²) < 4.78 is 5.21. The fourth-order valence-corrected chi connectivity index (χ4v) is 4.45. The fraction of sp³-hybridized carbons (Fsp3) is 0.286. The maximum atomic E-state index is 12.6. The highest BCUT2D eigenvalue weighted by atomic mass is 32.2. The molecular weight excluding hydrogens is 376 g/mol. The van der Waals surface area contributed by atoms with Crippen LogP contribution in [0.4, 0.5) is 11.4 Å². The van der Waals surface area contributed by atoms with Crippen molar-refractivity contribution in [1.82, 2.24) is 0 Å². The summed E-state index contributed by atoms with van der Waals surface area (Å²) in [4.78, 5) is 41.2. The predicted octanol–water partition coefficient (Wildman–Crippen LogP) is 2.65. The minimum Gasteiger partial charge on any atom is -0.454 e. The molecule has 28 heavy (non-hydrogen) atoms. The van der Waals surface area contributed by atoms with Crippen molar-refractivity contribution < 1.29 is 19.1 Å². The van der Waals surface area contributed by atoms with Gasteiger partial charge in [0.1, 0.15) is 6.54 Å². The van der Waals surface area contributed by atoms with Gasteiger partial charge in [-0.1, -0.05) is 30.3 Å². The Bertz CT molecular complexity index is 930. The van der Waals surface area contributed by atoms with E-state index in [-0.39, 0.29) is 30.7 Å². The van der Waals surface area contributed by atoms with E-state index in [0.29, 0.717) is 12.2 Å². The number of benzene rings is 2. The van der Waals surface area contributed by atoms with Crippen LogP contribution in [0.25, 0.3) is 0 Å². The third-order valence-electron chi connectivity index (χ3n) is 4.86. The van der Waals surface area contributed by atoms with Crippen molar-refractivity contribution in [2.45, 2.75) is 17.7 Å².